The minimum Gasteiger partial charge on any atom is -0.355 e. The van der Waals surface area contributed by atoms with E-state index in [1.807, 2.05) is 6.07 Å². The van der Waals surface area contributed by atoms with Gasteiger partial charge in [0.2, 0.25) is 0 Å². The van der Waals surface area contributed by atoms with Crippen LogP contribution < -0.4 is 10.2 Å². The van der Waals surface area contributed by atoms with Crippen LogP contribution in [0.1, 0.15) is 23.2 Å². The van der Waals surface area contributed by atoms with Gasteiger partial charge < -0.3 is 10.2 Å². The maximum atomic E-state index is 12.3. The number of benzene rings is 1. The third-order valence-corrected chi connectivity index (χ3v) is 5.04. The molecule has 3 rings (SSSR count). The Morgan fingerprint density at radius 2 is 2.12 bits per heavy atom. The van der Waals surface area contributed by atoms with Crippen molar-refractivity contribution in [2.45, 2.75) is 12.8 Å². The Bertz CT molecular complexity index is 705. The van der Waals surface area contributed by atoms with Crippen LogP contribution in [0.3, 0.4) is 0 Å². The fourth-order valence-electron chi connectivity index (χ4n) is 2.82. The van der Waals surface area contributed by atoms with Gasteiger partial charge in [0.05, 0.1) is 16.8 Å². The van der Waals surface area contributed by atoms with Crippen LogP contribution in [0.4, 0.5) is 5.82 Å². The summed E-state index contributed by atoms with van der Waals surface area (Å²) >= 11 is 9.46. The number of nitrogens with one attached hydrogen (secondary N) is 1. The zero-order chi connectivity index (χ0) is 16.9. The molecule has 1 aliphatic rings. The molecule has 1 aromatic carbocycles. The van der Waals surface area contributed by atoms with E-state index in [1.54, 1.807) is 30.7 Å². The maximum Gasteiger partial charge on any atom is 0.252 e. The molecule has 0 atom stereocenters. The lowest BCUT2D eigenvalue weighted by atomic mass is 9.96. The van der Waals surface area contributed by atoms with Crippen LogP contribution in [0.15, 0.2) is 41.3 Å². The largest absolute Gasteiger partial charge is 0.355 e. The molecule has 1 N–H and O–H groups in total. The van der Waals surface area contributed by atoms with Crippen molar-refractivity contribution in [2.75, 3.05) is 24.5 Å². The lowest BCUT2D eigenvalue weighted by Crippen LogP contribution is -2.39. The number of carbonyl (C=O) groups is 1. The number of anilines is 1. The van der Waals surface area contributed by atoms with E-state index in [4.69, 9.17) is 11.6 Å². The fraction of sp³-hybridized carbons (Fsp3) is 0.353. The first-order chi connectivity index (χ1) is 11.6. The van der Waals surface area contributed by atoms with E-state index in [9.17, 15) is 4.79 Å². The Hall–Kier alpha value is -1.66. The Balaban J connectivity index is 1.50. The predicted molar refractivity (Wildman–Crippen MR) is 98.5 cm³/mol. The molecule has 1 saturated heterocycles. The van der Waals surface area contributed by atoms with Gasteiger partial charge >= 0.3 is 0 Å². The van der Waals surface area contributed by atoms with E-state index >= 15 is 0 Å². The third kappa shape index (κ3) is 4.24. The highest BCUT2D eigenvalue weighted by molar-refractivity contribution is 9.10. The summed E-state index contributed by atoms with van der Waals surface area (Å²) in [6.45, 7) is 2.52. The summed E-state index contributed by atoms with van der Waals surface area (Å²) in [5.74, 6) is 1.26. The topological polar surface area (TPSA) is 58.1 Å². The first-order valence-electron chi connectivity index (χ1n) is 7.87. The van der Waals surface area contributed by atoms with Crippen molar-refractivity contribution >= 4 is 39.3 Å². The standard InChI is InChI=1S/C17H18BrClN4O/c18-13-1-2-15(19)14(9-13)17(24)22-10-12-3-7-23(8-4-12)16-11-20-5-6-21-16/h1-2,5-6,9,11-12H,3-4,7-8,10H2,(H,22,24). The van der Waals surface area contributed by atoms with Crippen molar-refractivity contribution in [2.24, 2.45) is 5.92 Å². The molecule has 2 aromatic rings. The predicted octanol–water partition coefficient (Wildman–Crippen LogP) is 3.54. The van der Waals surface area contributed by atoms with Gasteiger partial charge in [-0.1, -0.05) is 27.5 Å². The molecule has 1 fully saturated rings. The van der Waals surface area contributed by atoms with E-state index in [-0.39, 0.29) is 5.91 Å². The molecule has 5 nitrogen and oxygen atoms in total. The Labute approximate surface area is 154 Å². The minimum absolute atomic E-state index is 0.127. The average molecular weight is 410 g/mol. The number of hydrogen-bond donors (Lipinski definition) is 1. The van der Waals surface area contributed by atoms with Gasteiger partial charge in [-0.3, -0.25) is 9.78 Å². The summed E-state index contributed by atoms with van der Waals surface area (Å²) in [5.41, 5.74) is 0.503. The average Bonchev–Trinajstić information content (AvgIpc) is 2.63. The Morgan fingerprint density at radius 1 is 1.33 bits per heavy atom. The van der Waals surface area contributed by atoms with Gasteiger partial charge in [-0.25, -0.2) is 4.98 Å². The fourth-order valence-corrected chi connectivity index (χ4v) is 3.39. The van der Waals surface area contributed by atoms with Crippen molar-refractivity contribution in [3.05, 3.63) is 51.8 Å². The Morgan fingerprint density at radius 3 is 2.83 bits per heavy atom. The molecule has 126 valence electrons. The summed E-state index contributed by atoms with van der Waals surface area (Å²) in [4.78, 5) is 23.0. The number of rotatable bonds is 4. The van der Waals surface area contributed by atoms with Crippen LogP contribution in [0.5, 0.6) is 0 Å². The first kappa shape index (κ1) is 17.2. The molecule has 7 heteroatoms. The molecular weight excluding hydrogens is 392 g/mol. The minimum atomic E-state index is -0.127. The van der Waals surface area contributed by atoms with Crippen LogP contribution >= 0.6 is 27.5 Å². The Kier molecular flexibility index (Phi) is 5.68. The first-order valence-corrected chi connectivity index (χ1v) is 9.05. The zero-order valence-electron chi connectivity index (χ0n) is 13.1. The van der Waals surface area contributed by atoms with Crippen molar-refractivity contribution in [1.29, 1.82) is 0 Å². The van der Waals surface area contributed by atoms with E-state index in [0.29, 0.717) is 23.0 Å². The molecule has 0 bridgehead atoms. The van der Waals surface area contributed by atoms with Gasteiger partial charge in [0.15, 0.2) is 0 Å². The highest BCUT2D eigenvalue weighted by Crippen LogP contribution is 2.22. The summed E-state index contributed by atoms with van der Waals surface area (Å²) in [7, 11) is 0. The van der Waals surface area contributed by atoms with Gasteiger partial charge in [0.1, 0.15) is 5.82 Å². The summed E-state index contributed by atoms with van der Waals surface area (Å²) < 4.78 is 0.842. The third-order valence-electron chi connectivity index (χ3n) is 4.21. The normalized spacial score (nSPS) is 15.3. The number of hydrogen-bond acceptors (Lipinski definition) is 4. The monoisotopic (exact) mass is 408 g/mol. The number of amides is 1. The van der Waals surface area contributed by atoms with E-state index in [0.717, 1.165) is 36.2 Å². The second-order valence-corrected chi connectivity index (χ2v) is 7.15. The molecular formula is C17H18BrClN4O. The van der Waals surface area contributed by atoms with Gasteiger partial charge in [-0.15, -0.1) is 0 Å². The maximum absolute atomic E-state index is 12.3. The molecule has 2 heterocycles. The molecule has 0 saturated carbocycles. The molecule has 0 radical (unpaired) electrons. The van der Waals surface area contributed by atoms with Gasteiger partial charge in [-0.05, 0) is 37.0 Å². The van der Waals surface area contributed by atoms with E-state index in [2.05, 4.69) is 36.1 Å². The highest BCUT2D eigenvalue weighted by Gasteiger charge is 2.21. The van der Waals surface area contributed by atoms with Crippen LogP contribution in [0, 0.1) is 5.92 Å². The molecule has 0 spiro atoms. The number of nitrogens with zero attached hydrogens (tertiary/aromatic N) is 3. The van der Waals surface area contributed by atoms with Crippen molar-refractivity contribution in [3.63, 3.8) is 0 Å². The number of aromatic nitrogens is 2. The van der Waals surface area contributed by atoms with Gasteiger partial charge in [-0.2, -0.15) is 0 Å². The molecule has 1 amide bonds. The van der Waals surface area contributed by atoms with Crippen molar-refractivity contribution < 1.29 is 4.79 Å². The SMILES string of the molecule is O=C(NCC1CCN(c2cnccn2)CC1)c1cc(Br)ccc1Cl. The number of halogens is 2. The number of carbonyl (C=O) groups excluding carboxylic acids is 1. The van der Waals surface area contributed by atoms with Crippen LogP contribution in [0.2, 0.25) is 5.02 Å². The van der Waals surface area contributed by atoms with Crippen LogP contribution in [0.25, 0.3) is 0 Å². The molecule has 1 aliphatic heterocycles. The molecule has 0 aliphatic carbocycles. The second kappa shape index (κ2) is 7.94. The van der Waals surface area contributed by atoms with Gasteiger partial charge in [0, 0.05) is 36.5 Å². The van der Waals surface area contributed by atoms with Crippen molar-refractivity contribution in [3.8, 4) is 0 Å². The molecule has 24 heavy (non-hydrogen) atoms. The number of piperidine rings is 1. The van der Waals surface area contributed by atoms with Gasteiger partial charge in [0.25, 0.3) is 5.91 Å². The second-order valence-electron chi connectivity index (χ2n) is 5.83. The zero-order valence-corrected chi connectivity index (χ0v) is 15.4. The summed E-state index contributed by atoms with van der Waals surface area (Å²) in [5, 5.41) is 3.47. The van der Waals surface area contributed by atoms with E-state index in [1.165, 1.54) is 0 Å². The summed E-state index contributed by atoms with van der Waals surface area (Å²) in [6, 6.07) is 5.29. The van der Waals surface area contributed by atoms with Crippen molar-refractivity contribution in [1.82, 2.24) is 15.3 Å². The molecule has 0 unspecified atom stereocenters. The summed E-state index contributed by atoms with van der Waals surface area (Å²) in [6.07, 6.45) is 7.21. The lowest BCUT2D eigenvalue weighted by molar-refractivity contribution is 0.0945. The van der Waals surface area contributed by atoms with E-state index < -0.39 is 0 Å². The van der Waals surface area contributed by atoms with Crippen LogP contribution in [-0.4, -0.2) is 35.5 Å². The van der Waals surface area contributed by atoms with Crippen LogP contribution in [-0.2, 0) is 0 Å². The highest BCUT2D eigenvalue weighted by atomic mass is 79.9. The smallest absolute Gasteiger partial charge is 0.252 e. The lowest BCUT2D eigenvalue weighted by Gasteiger charge is -2.32. The molecule has 1 aromatic heterocycles. The quantitative estimate of drug-likeness (QED) is 0.839.